The molecule has 0 aliphatic carbocycles. The largest absolute Gasteiger partial charge is 0.508 e. The zero-order valence-corrected chi connectivity index (χ0v) is 11.8. The maximum atomic E-state index is 11.7. The van der Waals surface area contributed by atoms with Gasteiger partial charge in [0.15, 0.2) is 5.75 Å². The van der Waals surface area contributed by atoms with Gasteiger partial charge in [0.05, 0.1) is 17.6 Å². The van der Waals surface area contributed by atoms with Gasteiger partial charge in [-0.2, -0.15) is 5.10 Å². The number of phenols is 2. The Bertz CT molecular complexity index is 773. The number of rotatable bonds is 5. The van der Waals surface area contributed by atoms with E-state index in [2.05, 4.69) is 10.5 Å². The molecule has 2 rings (SSSR count). The first-order valence-corrected chi connectivity index (χ1v) is 6.53. The standard InChI is InChI=1S/C15H13N3O5/c19-12-3-1-2-10(6-12)8-15(21)17-16-9-11-4-5-14(20)13(7-11)18(22)23/h1-7,9,19-20H,8H2,(H,17,21). The molecule has 0 aliphatic rings. The highest BCUT2D eigenvalue weighted by molar-refractivity contribution is 5.84. The first-order valence-electron chi connectivity index (χ1n) is 6.53. The van der Waals surface area contributed by atoms with Crippen LogP contribution in [0.1, 0.15) is 11.1 Å². The van der Waals surface area contributed by atoms with Crippen LogP contribution in [0.25, 0.3) is 0 Å². The van der Waals surface area contributed by atoms with Gasteiger partial charge in [0.1, 0.15) is 5.75 Å². The number of hydrogen-bond donors (Lipinski definition) is 3. The van der Waals surface area contributed by atoms with Crippen molar-refractivity contribution in [2.45, 2.75) is 6.42 Å². The van der Waals surface area contributed by atoms with Crippen molar-refractivity contribution in [2.24, 2.45) is 5.10 Å². The van der Waals surface area contributed by atoms with Gasteiger partial charge in [-0.15, -0.1) is 0 Å². The van der Waals surface area contributed by atoms with E-state index in [4.69, 9.17) is 0 Å². The Balaban J connectivity index is 1.97. The second-order valence-electron chi connectivity index (χ2n) is 4.65. The number of phenolic OH excluding ortho intramolecular Hbond substituents is 2. The molecule has 8 heteroatoms. The molecule has 0 saturated heterocycles. The van der Waals surface area contributed by atoms with Crippen LogP contribution in [0.3, 0.4) is 0 Å². The summed E-state index contributed by atoms with van der Waals surface area (Å²) in [6.07, 6.45) is 1.26. The fourth-order valence-electron chi connectivity index (χ4n) is 1.84. The van der Waals surface area contributed by atoms with Crippen molar-refractivity contribution in [3.63, 3.8) is 0 Å². The Morgan fingerprint density at radius 1 is 1.26 bits per heavy atom. The Morgan fingerprint density at radius 2 is 2.04 bits per heavy atom. The Kier molecular flexibility index (Phi) is 4.88. The molecule has 2 aromatic carbocycles. The minimum atomic E-state index is -0.715. The Morgan fingerprint density at radius 3 is 2.74 bits per heavy atom. The molecule has 2 aromatic rings. The van der Waals surface area contributed by atoms with Gasteiger partial charge in [-0.25, -0.2) is 5.43 Å². The number of nitrogens with zero attached hydrogens (tertiary/aromatic N) is 2. The monoisotopic (exact) mass is 315 g/mol. The molecule has 0 unspecified atom stereocenters. The summed E-state index contributed by atoms with van der Waals surface area (Å²) in [5.41, 5.74) is 2.81. The van der Waals surface area contributed by atoms with Crippen molar-refractivity contribution in [3.05, 3.63) is 63.7 Å². The van der Waals surface area contributed by atoms with Crippen LogP contribution in [-0.2, 0) is 11.2 Å². The molecule has 8 nitrogen and oxygen atoms in total. The third kappa shape index (κ3) is 4.53. The predicted octanol–water partition coefficient (Wildman–Crippen LogP) is 1.70. The van der Waals surface area contributed by atoms with Crippen LogP contribution in [-0.4, -0.2) is 27.3 Å². The van der Waals surface area contributed by atoms with Gasteiger partial charge in [-0.05, 0) is 29.8 Å². The number of hydrazone groups is 1. The number of nitrogens with one attached hydrogen (secondary N) is 1. The zero-order chi connectivity index (χ0) is 16.8. The van der Waals surface area contributed by atoms with Crippen LogP contribution in [0.15, 0.2) is 47.6 Å². The maximum absolute atomic E-state index is 11.7. The summed E-state index contributed by atoms with van der Waals surface area (Å²) < 4.78 is 0. The third-order valence-corrected chi connectivity index (χ3v) is 2.87. The summed E-state index contributed by atoms with van der Waals surface area (Å²) >= 11 is 0. The van der Waals surface area contributed by atoms with Crippen LogP contribution in [0, 0.1) is 10.1 Å². The molecule has 0 radical (unpaired) electrons. The highest BCUT2D eigenvalue weighted by atomic mass is 16.6. The van der Waals surface area contributed by atoms with Crippen LogP contribution < -0.4 is 5.43 Å². The van der Waals surface area contributed by atoms with Crippen LogP contribution in [0.2, 0.25) is 0 Å². The van der Waals surface area contributed by atoms with Gasteiger partial charge < -0.3 is 10.2 Å². The molecule has 0 spiro atoms. The van der Waals surface area contributed by atoms with E-state index in [-0.39, 0.29) is 12.2 Å². The topological polar surface area (TPSA) is 125 Å². The molecule has 0 aromatic heterocycles. The molecule has 0 atom stereocenters. The van der Waals surface area contributed by atoms with E-state index in [9.17, 15) is 25.1 Å². The Hall–Kier alpha value is -3.42. The number of benzene rings is 2. The SMILES string of the molecule is O=C(Cc1cccc(O)c1)NN=Cc1ccc(O)c([N+](=O)[O-])c1. The summed E-state index contributed by atoms with van der Waals surface area (Å²) in [6.45, 7) is 0. The van der Waals surface area contributed by atoms with E-state index < -0.39 is 22.3 Å². The number of nitro benzene ring substituents is 1. The average molecular weight is 315 g/mol. The predicted molar refractivity (Wildman–Crippen MR) is 82.3 cm³/mol. The zero-order valence-electron chi connectivity index (χ0n) is 11.8. The van der Waals surface area contributed by atoms with Gasteiger partial charge in [0.25, 0.3) is 0 Å². The molecule has 118 valence electrons. The summed E-state index contributed by atoms with van der Waals surface area (Å²) in [5.74, 6) is -0.782. The van der Waals surface area contributed by atoms with Crippen molar-refractivity contribution < 1.29 is 19.9 Å². The van der Waals surface area contributed by atoms with Gasteiger partial charge in [-0.3, -0.25) is 14.9 Å². The van der Waals surface area contributed by atoms with Crippen molar-refractivity contribution in [1.29, 1.82) is 0 Å². The van der Waals surface area contributed by atoms with Crippen molar-refractivity contribution in [3.8, 4) is 11.5 Å². The number of carbonyl (C=O) groups excluding carboxylic acids is 1. The van der Waals surface area contributed by atoms with E-state index in [1.165, 1.54) is 30.5 Å². The Labute approximate surface area is 130 Å². The first kappa shape index (κ1) is 16.0. The lowest BCUT2D eigenvalue weighted by atomic mass is 10.1. The van der Waals surface area contributed by atoms with Crippen molar-refractivity contribution in [2.75, 3.05) is 0 Å². The minimum absolute atomic E-state index is 0.0292. The highest BCUT2D eigenvalue weighted by Gasteiger charge is 2.12. The van der Waals surface area contributed by atoms with Gasteiger partial charge in [-0.1, -0.05) is 12.1 Å². The maximum Gasteiger partial charge on any atom is 0.311 e. The van der Waals surface area contributed by atoms with Crippen molar-refractivity contribution in [1.82, 2.24) is 5.43 Å². The molecule has 0 fully saturated rings. The van der Waals surface area contributed by atoms with E-state index in [1.807, 2.05) is 0 Å². The summed E-state index contributed by atoms with van der Waals surface area (Å²) in [7, 11) is 0. The third-order valence-electron chi connectivity index (χ3n) is 2.87. The fraction of sp³-hybridized carbons (Fsp3) is 0.0667. The first-order chi connectivity index (χ1) is 11.0. The van der Waals surface area contributed by atoms with Crippen LogP contribution in [0.5, 0.6) is 11.5 Å². The number of carbonyl (C=O) groups is 1. The smallest absolute Gasteiger partial charge is 0.311 e. The lowest BCUT2D eigenvalue weighted by Crippen LogP contribution is -2.19. The van der Waals surface area contributed by atoms with Gasteiger partial charge in [0.2, 0.25) is 5.91 Å². The molecule has 0 bridgehead atoms. The number of nitro groups is 1. The number of hydrogen-bond acceptors (Lipinski definition) is 6. The van der Waals surface area contributed by atoms with Crippen LogP contribution >= 0.6 is 0 Å². The second-order valence-corrected chi connectivity index (χ2v) is 4.65. The fourth-order valence-corrected chi connectivity index (χ4v) is 1.84. The van der Waals surface area contributed by atoms with Gasteiger partial charge >= 0.3 is 5.69 Å². The molecule has 0 heterocycles. The number of aromatic hydroxyl groups is 2. The molecule has 3 N–H and O–H groups in total. The van der Waals surface area contributed by atoms with E-state index >= 15 is 0 Å². The average Bonchev–Trinajstić information content (AvgIpc) is 2.48. The summed E-state index contributed by atoms with van der Waals surface area (Å²) in [4.78, 5) is 21.7. The van der Waals surface area contributed by atoms with Gasteiger partial charge in [0, 0.05) is 11.6 Å². The molecular formula is C15H13N3O5. The molecule has 0 aliphatic heterocycles. The molecule has 1 amide bonds. The number of amides is 1. The highest BCUT2D eigenvalue weighted by Crippen LogP contribution is 2.25. The second kappa shape index (κ2) is 7.03. The van der Waals surface area contributed by atoms with E-state index in [0.29, 0.717) is 11.1 Å². The lowest BCUT2D eigenvalue weighted by molar-refractivity contribution is -0.385. The van der Waals surface area contributed by atoms with E-state index in [0.717, 1.165) is 6.07 Å². The molecule has 23 heavy (non-hydrogen) atoms. The summed E-state index contributed by atoms with van der Waals surface area (Å²) in [5, 5.41) is 33.0. The normalized spacial score (nSPS) is 10.6. The molecular weight excluding hydrogens is 302 g/mol. The van der Waals surface area contributed by atoms with Crippen LogP contribution in [0.4, 0.5) is 5.69 Å². The quantitative estimate of drug-likeness (QED) is 0.440. The van der Waals surface area contributed by atoms with E-state index in [1.54, 1.807) is 12.1 Å². The van der Waals surface area contributed by atoms with Crippen molar-refractivity contribution >= 4 is 17.8 Å². The lowest BCUT2D eigenvalue weighted by Gasteiger charge is -2.01. The summed E-state index contributed by atoms with van der Waals surface area (Å²) in [6, 6.07) is 10.0. The molecule has 0 saturated carbocycles. The minimum Gasteiger partial charge on any atom is -0.508 e.